The standard InChI is InChI=1S/C16H20O9/c1-10-14(24-8-6-12(18)22-3)15(20)25-16(10,9-13(19)23-4)7-5-11(17)21-2/h6,8H,5,7,9H2,1-4H3/b8-6+. The van der Waals surface area contributed by atoms with Crippen LogP contribution in [0.25, 0.3) is 0 Å². The van der Waals surface area contributed by atoms with Gasteiger partial charge in [-0.05, 0) is 6.92 Å². The Labute approximate surface area is 144 Å². The first-order chi connectivity index (χ1) is 11.8. The van der Waals surface area contributed by atoms with Gasteiger partial charge in [-0.2, -0.15) is 0 Å². The number of carbonyl (C=O) groups excluding carboxylic acids is 4. The molecule has 1 heterocycles. The molecule has 0 saturated carbocycles. The Morgan fingerprint density at radius 3 is 2.28 bits per heavy atom. The normalized spacial score (nSPS) is 19.6. The summed E-state index contributed by atoms with van der Waals surface area (Å²) in [6.45, 7) is 1.53. The van der Waals surface area contributed by atoms with Crippen LogP contribution < -0.4 is 0 Å². The molecule has 0 aromatic rings. The van der Waals surface area contributed by atoms with Crippen molar-refractivity contribution in [3.8, 4) is 0 Å². The van der Waals surface area contributed by atoms with Crippen molar-refractivity contribution in [2.75, 3.05) is 21.3 Å². The maximum absolute atomic E-state index is 12.1. The summed E-state index contributed by atoms with van der Waals surface area (Å²) in [6, 6.07) is 0. The highest BCUT2D eigenvalue weighted by molar-refractivity contribution is 5.92. The molecule has 0 radical (unpaired) electrons. The van der Waals surface area contributed by atoms with Crippen molar-refractivity contribution in [2.24, 2.45) is 0 Å². The molecular formula is C16H20O9. The van der Waals surface area contributed by atoms with E-state index in [1.54, 1.807) is 0 Å². The second kappa shape index (κ2) is 8.86. The number of rotatable bonds is 8. The van der Waals surface area contributed by atoms with Crippen LogP contribution >= 0.6 is 0 Å². The molecule has 1 unspecified atom stereocenters. The molecule has 0 aromatic heterocycles. The van der Waals surface area contributed by atoms with Crippen molar-refractivity contribution in [3.63, 3.8) is 0 Å². The third kappa shape index (κ3) is 5.07. The zero-order valence-electron chi connectivity index (χ0n) is 14.5. The molecule has 0 N–H and O–H groups in total. The summed E-state index contributed by atoms with van der Waals surface area (Å²) < 4.78 is 24.1. The van der Waals surface area contributed by atoms with Crippen LogP contribution in [0, 0.1) is 0 Å². The first-order valence-corrected chi connectivity index (χ1v) is 7.29. The number of hydrogen-bond acceptors (Lipinski definition) is 9. The third-order valence-electron chi connectivity index (χ3n) is 3.71. The third-order valence-corrected chi connectivity index (χ3v) is 3.71. The van der Waals surface area contributed by atoms with Gasteiger partial charge in [0.25, 0.3) is 0 Å². The zero-order valence-corrected chi connectivity index (χ0v) is 14.5. The van der Waals surface area contributed by atoms with Crippen LogP contribution in [-0.4, -0.2) is 50.8 Å². The number of cyclic esters (lactones) is 1. The van der Waals surface area contributed by atoms with Crippen LogP contribution in [0.1, 0.15) is 26.2 Å². The Morgan fingerprint density at radius 1 is 1.08 bits per heavy atom. The predicted octanol–water partition coefficient (Wildman–Crippen LogP) is 0.776. The molecular weight excluding hydrogens is 336 g/mol. The molecule has 0 aromatic carbocycles. The monoisotopic (exact) mass is 356 g/mol. The Hall–Kier alpha value is -2.84. The van der Waals surface area contributed by atoms with Gasteiger partial charge in [-0.1, -0.05) is 0 Å². The van der Waals surface area contributed by atoms with E-state index in [0.29, 0.717) is 5.57 Å². The van der Waals surface area contributed by atoms with Crippen LogP contribution in [0.5, 0.6) is 0 Å². The Bertz CT molecular complexity index is 617. The van der Waals surface area contributed by atoms with E-state index in [-0.39, 0.29) is 25.0 Å². The van der Waals surface area contributed by atoms with E-state index < -0.39 is 29.5 Å². The average molecular weight is 356 g/mol. The number of esters is 4. The van der Waals surface area contributed by atoms with Crippen LogP contribution in [0.3, 0.4) is 0 Å². The topological polar surface area (TPSA) is 114 Å². The minimum atomic E-state index is -1.38. The lowest BCUT2D eigenvalue weighted by atomic mass is 9.87. The van der Waals surface area contributed by atoms with E-state index in [9.17, 15) is 19.2 Å². The molecule has 9 nitrogen and oxygen atoms in total. The van der Waals surface area contributed by atoms with E-state index in [4.69, 9.17) is 9.47 Å². The Balaban J connectivity index is 3.07. The number of ether oxygens (including phenoxy) is 5. The molecule has 0 fully saturated rings. The van der Waals surface area contributed by atoms with Crippen molar-refractivity contribution >= 4 is 23.9 Å². The van der Waals surface area contributed by atoms with Crippen LogP contribution in [-0.2, 0) is 42.9 Å². The Kier molecular flexibility index (Phi) is 7.16. The largest absolute Gasteiger partial charge is 0.469 e. The summed E-state index contributed by atoms with van der Waals surface area (Å²) in [6.07, 6.45) is 1.59. The fraction of sp³-hybridized carbons (Fsp3) is 0.500. The van der Waals surface area contributed by atoms with E-state index in [1.165, 1.54) is 28.3 Å². The maximum Gasteiger partial charge on any atom is 0.375 e. The van der Waals surface area contributed by atoms with Gasteiger partial charge in [0.05, 0.1) is 40.1 Å². The van der Waals surface area contributed by atoms with Gasteiger partial charge in [0.1, 0.15) is 5.60 Å². The first-order valence-electron chi connectivity index (χ1n) is 7.29. The Morgan fingerprint density at radius 2 is 1.72 bits per heavy atom. The highest BCUT2D eigenvalue weighted by Gasteiger charge is 2.48. The summed E-state index contributed by atoms with van der Waals surface area (Å²) >= 11 is 0. The molecule has 1 aliphatic heterocycles. The van der Waals surface area contributed by atoms with Gasteiger partial charge >= 0.3 is 23.9 Å². The van der Waals surface area contributed by atoms with Gasteiger partial charge in [0.15, 0.2) is 0 Å². The molecule has 0 bridgehead atoms. The lowest BCUT2D eigenvalue weighted by Crippen LogP contribution is -2.35. The summed E-state index contributed by atoms with van der Waals surface area (Å²) in [7, 11) is 3.61. The molecule has 0 saturated heterocycles. The second-order valence-corrected chi connectivity index (χ2v) is 5.11. The van der Waals surface area contributed by atoms with Gasteiger partial charge in [0.2, 0.25) is 5.76 Å². The lowest BCUT2D eigenvalue weighted by Gasteiger charge is -2.27. The van der Waals surface area contributed by atoms with E-state index in [0.717, 1.165) is 12.3 Å². The summed E-state index contributed by atoms with van der Waals surface area (Å²) in [5.74, 6) is -2.80. The smallest absolute Gasteiger partial charge is 0.375 e. The van der Waals surface area contributed by atoms with Gasteiger partial charge in [-0.25, -0.2) is 9.59 Å². The number of carbonyl (C=O) groups is 4. The molecule has 1 rings (SSSR count). The van der Waals surface area contributed by atoms with Crippen molar-refractivity contribution in [1.29, 1.82) is 0 Å². The highest BCUT2D eigenvalue weighted by Crippen LogP contribution is 2.40. The van der Waals surface area contributed by atoms with Crippen LogP contribution in [0.4, 0.5) is 0 Å². The quantitative estimate of drug-likeness (QED) is 0.269. The predicted molar refractivity (Wildman–Crippen MR) is 81.6 cm³/mol. The first kappa shape index (κ1) is 20.2. The molecule has 0 spiro atoms. The van der Waals surface area contributed by atoms with Gasteiger partial charge in [-0.3, -0.25) is 9.59 Å². The van der Waals surface area contributed by atoms with Gasteiger partial charge in [0, 0.05) is 18.4 Å². The van der Waals surface area contributed by atoms with Crippen molar-refractivity contribution < 1.29 is 42.9 Å². The lowest BCUT2D eigenvalue weighted by molar-refractivity contribution is -0.158. The van der Waals surface area contributed by atoms with Gasteiger partial charge in [-0.15, -0.1) is 0 Å². The number of hydrogen-bond donors (Lipinski definition) is 0. The van der Waals surface area contributed by atoms with Crippen molar-refractivity contribution in [2.45, 2.75) is 31.8 Å². The molecule has 0 aliphatic carbocycles. The maximum atomic E-state index is 12.1. The molecule has 25 heavy (non-hydrogen) atoms. The van der Waals surface area contributed by atoms with Crippen LogP contribution in [0.2, 0.25) is 0 Å². The summed E-state index contributed by atoms with van der Waals surface area (Å²) in [5, 5.41) is 0. The van der Waals surface area contributed by atoms with Crippen molar-refractivity contribution in [1.82, 2.24) is 0 Å². The SMILES string of the molecule is COC(=O)/C=C/OC1=C(C)C(CCC(=O)OC)(CC(=O)OC)OC1=O. The molecule has 1 aliphatic rings. The molecule has 9 heteroatoms. The fourth-order valence-electron chi connectivity index (χ4n) is 2.23. The molecule has 1 atom stereocenters. The highest BCUT2D eigenvalue weighted by atomic mass is 16.6. The second-order valence-electron chi connectivity index (χ2n) is 5.11. The van der Waals surface area contributed by atoms with Gasteiger partial charge < -0.3 is 23.7 Å². The van der Waals surface area contributed by atoms with Crippen molar-refractivity contribution in [3.05, 3.63) is 23.7 Å². The summed E-state index contributed by atoms with van der Waals surface area (Å²) in [5.41, 5.74) is -1.08. The number of methoxy groups -OCH3 is 3. The molecule has 0 amide bonds. The van der Waals surface area contributed by atoms with Crippen LogP contribution in [0.15, 0.2) is 23.7 Å². The fourth-order valence-corrected chi connectivity index (χ4v) is 2.23. The summed E-state index contributed by atoms with van der Waals surface area (Å²) in [4.78, 5) is 46.3. The zero-order chi connectivity index (χ0) is 19.0. The van der Waals surface area contributed by atoms with E-state index >= 15 is 0 Å². The van der Waals surface area contributed by atoms with E-state index in [1.807, 2.05) is 0 Å². The minimum Gasteiger partial charge on any atom is -0.469 e. The average Bonchev–Trinajstić information content (AvgIpc) is 2.83. The minimum absolute atomic E-state index is 0.0138. The van der Waals surface area contributed by atoms with E-state index in [2.05, 4.69) is 14.2 Å². The molecule has 138 valence electrons.